The van der Waals surface area contributed by atoms with E-state index in [1.165, 1.54) is 77.5 Å². The highest BCUT2D eigenvalue weighted by atomic mass is 16.5. The van der Waals surface area contributed by atoms with Gasteiger partial charge in [0.2, 0.25) is 5.89 Å². The Kier molecular flexibility index (Phi) is 7.45. The molecule has 2 aliphatic heterocycles. The van der Waals surface area contributed by atoms with Crippen molar-refractivity contribution in [3.63, 3.8) is 0 Å². The van der Waals surface area contributed by atoms with Crippen LogP contribution in [0.3, 0.4) is 0 Å². The lowest BCUT2D eigenvalue weighted by molar-refractivity contribution is 0.0830. The van der Waals surface area contributed by atoms with Crippen molar-refractivity contribution in [3.05, 3.63) is 36.2 Å². The molecule has 1 saturated carbocycles. The van der Waals surface area contributed by atoms with E-state index in [9.17, 15) is 0 Å². The normalized spacial score (nSPS) is 24.9. The number of likely N-dealkylation sites (tertiary alicyclic amines) is 2. The molecule has 0 bridgehead atoms. The lowest BCUT2D eigenvalue weighted by Crippen LogP contribution is -2.42. The van der Waals surface area contributed by atoms with Gasteiger partial charge in [-0.25, -0.2) is 4.98 Å². The van der Waals surface area contributed by atoms with Crippen LogP contribution in [-0.4, -0.2) is 54.1 Å². The average Bonchev–Trinajstić information content (AvgIpc) is 3.31. The largest absolute Gasteiger partial charge is 0.494 e. The van der Waals surface area contributed by atoms with E-state index >= 15 is 0 Å². The van der Waals surface area contributed by atoms with Crippen LogP contribution in [0.5, 0.6) is 5.75 Å². The zero-order valence-electron chi connectivity index (χ0n) is 19.5. The summed E-state index contributed by atoms with van der Waals surface area (Å²) >= 11 is 0. The molecule has 32 heavy (non-hydrogen) atoms. The number of benzene rings is 1. The maximum absolute atomic E-state index is 6.02. The van der Waals surface area contributed by atoms with Crippen molar-refractivity contribution in [2.45, 2.75) is 64.3 Å². The molecule has 5 heteroatoms. The van der Waals surface area contributed by atoms with Gasteiger partial charge in [-0.1, -0.05) is 25.7 Å². The van der Waals surface area contributed by atoms with Crippen LogP contribution >= 0.6 is 0 Å². The summed E-state index contributed by atoms with van der Waals surface area (Å²) in [6.07, 6.45) is 14.1. The smallest absolute Gasteiger partial charge is 0.226 e. The first kappa shape index (κ1) is 22.0. The first-order chi connectivity index (χ1) is 15.8. The summed E-state index contributed by atoms with van der Waals surface area (Å²) in [5, 5.41) is 0. The molecular formula is C27H39N3O2. The SMILES string of the molecule is c1cc(-c2nc(CN3CCCCC3)co2)ccc1OCCCN1CC[C@@H]2CCCC[C@H]2C1. The maximum Gasteiger partial charge on any atom is 0.226 e. The van der Waals surface area contributed by atoms with Gasteiger partial charge in [0.05, 0.1) is 12.3 Å². The van der Waals surface area contributed by atoms with E-state index in [2.05, 4.69) is 21.9 Å². The molecule has 0 spiro atoms. The Hall–Kier alpha value is -1.85. The van der Waals surface area contributed by atoms with E-state index in [1.807, 2.05) is 18.4 Å². The van der Waals surface area contributed by atoms with Gasteiger partial charge in [-0.05, 0) is 87.8 Å². The molecule has 3 aliphatic rings. The van der Waals surface area contributed by atoms with Crippen molar-refractivity contribution in [2.75, 3.05) is 39.3 Å². The van der Waals surface area contributed by atoms with E-state index in [0.29, 0.717) is 5.89 Å². The highest BCUT2D eigenvalue weighted by Gasteiger charge is 2.30. The molecule has 174 valence electrons. The number of hydrogen-bond donors (Lipinski definition) is 0. The summed E-state index contributed by atoms with van der Waals surface area (Å²) in [4.78, 5) is 9.85. The van der Waals surface area contributed by atoms with E-state index in [0.717, 1.165) is 55.0 Å². The van der Waals surface area contributed by atoms with E-state index in [4.69, 9.17) is 14.1 Å². The maximum atomic E-state index is 6.02. The molecule has 2 aromatic rings. The van der Waals surface area contributed by atoms with Crippen molar-refractivity contribution in [1.29, 1.82) is 0 Å². The lowest BCUT2D eigenvalue weighted by atomic mass is 9.75. The van der Waals surface area contributed by atoms with Gasteiger partial charge >= 0.3 is 0 Å². The number of hydrogen-bond acceptors (Lipinski definition) is 5. The highest BCUT2D eigenvalue weighted by Crippen LogP contribution is 2.36. The van der Waals surface area contributed by atoms with Gasteiger partial charge < -0.3 is 14.1 Å². The molecule has 1 aliphatic carbocycles. The summed E-state index contributed by atoms with van der Waals surface area (Å²) in [7, 11) is 0. The zero-order chi connectivity index (χ0) is 21.6. The number of aromatic nitrogens is 1. The quantitative estimate of drug-likeness (QED) is 0.502. The monoisotopic (exact) mass is 437 g/mol. The molecule has 0 unspecified atom stereocenters. The fourth-order valence-corrected chi connectivity index (χ4v) is 5.91. The average molecular weight is 438 g/mol. The summed E-state index contributed by atoms with van der Waals surface area (Å²) < 4.78 is 11.8. The van der Waals surface area contributed by atoms with Gasteiger partial charge in [0.1, 0.15) is 12.0 Å². The third-order valence-electron chi connectivity index (χ3n) is 7.75. The number of ether oxygens (including phenoxy) is 1. The number of fused-ring (bicyclic) bond motifs is 1. The Bertz CT molecular complexity index is 828. The Balaban J connectivity index is 1.04. The zero-order valence-corrected chi connectivity index (χ0v) is 19.5. The predicted molar refractivity (Wildman–Crippen MR) is 128 cm³/mol. The van der Waals surface area contributed by atoms with Gasteiger partial charge in [0, 0.05) is 25.2 Å². The van der Waals surface area contributed by atoms with Crippen LogP contribution in [0, 0.1) is 11.8 Å². The van der Waals surface area contributed by atoms with E-state index < -0.39 is 0 Å². The fraction of sp³-hybridized carbons (Fsp3) is 0.667. The number of rotatable bonds is 8. The van der Waals surface area contributed by atoms with Crippen molar-refractivity contribution in [3.8, 4) is 17.2 Å². The standard InChI is InChI=1S/C27H39N3O2/c1-4-14-29(15-5-1)20-25-21-32-27(28-25)23-9-11-26(12-10-23)31-18-6-16-30-17-13-22-7-2-3-8-24(22)19-30/h9-12,21-22,24H,1-8,13-20H2/t22-,24-/m0/s1. The third kappa shape index (κ3) is 5.74. The molecule has 1 aromatic heterocycles. The van der Waals surface area contributed by atoms with Crippen LogP contribution in [0.4, 0.5) is 0 Å². The second-order valence-corrected chi connectivity index (χ2v) is 10.1. The minimum absolute atomic E-state index is 0.703. The molecule has 0 N–H and O–H groups in total. The van der Waals surface area contributed by atoms with E-state index in [1.54, 1.807) is 0 Å². The molecule has 3 fully saturated rings. The van der Waals surface area contributed by atoms with Crippen LogP contribution in [0.2, 0.25) is 0 Å². The van der Waals surface area contributed by atoms with Gasteiger partial charge in [0.25, 0.3) is 0 Å². The van der Waals surface area contributed by atoms with Crippen LogP contribution in [-0.2, 0) is 6.54 Å². The third-order valence-corrected chi connectivity index (χ3v) is 7.75. The molecule has 2 saturated heterocycles. The van der Waals surface area contributed by atoms with Gasteiger partial charge in [0.15, 0.2) is 0 Å². The predicted octanol–water partition coefficient (Wildman–Crippen LogP) is 5.61. The lowest BCUT2D eigenvalue weighted by Gasteiger charge is -2.41. The molecule has 3 heterocycles. The first-order valence-electron chi connectivity index (χ1n) is 13.0. The summed E-state index contributed by atoms with van der Waals surface area (Å²) in [5.74, 6) is 3.61. The minimum Gasteiger partial charge on any atom is -0.494 e. The van der Waals surface area contributed by atoms with Gasteiger partial charge in [-0.15, -0.1) is 0 Å². The molecular weight excluding hydrogens is 398 g/mol. The van der Waals surface area contributed by atoms with Crippen molar-refractivity contribution in [2.24, 2.45) is 11.8 Å². The Morgan fingerprint density at radius 1 is 0.875 bits per heavy atom. The summed E-state index contributed by atoms with van der Waals surface area (Å²) in [6.45, 7) is 7.78. The summed E-state index contributed by atoms with van der Waals surface area (Å²) in [5.41, 5.74) is 2.04. The van der Waals surface area contributed by atoms with Crippen LogP contribution in [0.25, 0.3) is 11.5 Å². The minimum atomic E-state index is 0.703. The molecule has 5 nitrogen and oxygen atoms in total. The number of nitrogens with zero attached hydrogens (tertiary/aromatic N) is 3. The van der Waals surface area contributed by atoms with Crippen molar-refractivity contribution >= 4 is 0 Å². The molecule has 2 atom stereocenters. The molecule has 0 radical (unpaired) electrons. The molecule has 1 aromatic carbocycles. The number of piperidine rings is 2. The van der Waals surface area contributed by atoms with Crippen LogP contribution in [0.1, 0.15) is 63.5 Å². The molecule has 0 amide bonds. The highest BCUT2D eigenvalue weighted by molar-refractivity contribution is 5.54. The Labute approximate surface area is 193 Å². The fourth-order valence-electron chi connectivity index (χ4n) is 5.91. The van der Waals surface area contributed by atoms with Gasteiger partial charge in [-0.2, -0.15) is 0 Å². The van der Waals surface area contributed by atoms with Gasteiger partial charge in [-0.3, -0.25) is 4.90 Å². The second kappa shape index (κ2) is 10.8. The van der Waals surface area contributed by atoms with Crippen LogP contribution < -0.4 is 4.74 Å². The topological polar surface area (TPSA) is 41.7 Å². The van der Waals surface area contributed by atoms with Crippen molar-refractivity contribution < 1.29 is 9.15 Å². The molecule has 5 rings (SSSR count). The van der Waals surface area contributed by atoms with E-state index in [-0.39, 0.29) is 0 Å². The Morgan fingerprint density at radius 2 is 1.69 bits per heavy atom. The number of oxazole rings is 1. The van der Waals surface area contributed by atoms with Crippen LogP contribution in [0.15, 0.2) is 34.9 Å². The van der Waals surface area contributed by atoms with Crippen molar-refractivity contribution in [1.82, 2.24) is 14.8 Å². The second-order valence-electron chi connectivity index (χ2n) is 10.1. The Morgan fingerprint density at radius 3 is 2.53 bits per heavy atom. The summed E-state index contributed by atoms with van der Waals surface area (Å²) in [6, 6.07) is 8.19. The first-order valence-corrected chi connectivity index (χ1v) is 13.0.